The minimum absolute atomic E-state index is 0.685. The van der Waals surface area contributed by atoms with Gasteiger partial charge in [0, 0.05) is 15.3 Å². The summed E-state index contributed by atoms with van der Waals surface area (Å²) >= 11 is 2.35. The second kappa shape index (κ2) is 5.89. The number of benzene rings is 1. The normalized spacial score (nSPS) is 26.1. The fourth-order valence-corrected chi connectivity index (χ4v) is 2.77. The zero-order chi connectivity index (χ0) is 11.4. The van der Waals surface area contributed by atoms with Crippen LogP contribution in [0.15, 0.2) is 24.3 Å². The average molecular weight is 329 g/mol. The molecule has 1 fully saturated rings. The van der Waals surface area contributed by atoms with Crippen molar-refractivity contribution in [3.8, 4) is 0 Å². The third-order valence-electron chi connectivity index (χ3n) is 3.47. The summed E-state index contributed by atoms with van der Waals surface area (Å²) in [7, 11) is 0. The predicted molar refractivity (Wildman–Crippen MR) is 78.8 cm³/mol. The van der Waals surface area contributed by atoms with Crippen molar-refractivity contribution in [2.75, 3.05) is 5.32 Å². The zero-order valence-corrected chi connectivity index (χ0v) is 12.0. The first-order valence-corrected chi connectivity index (χ1v) is 7.34. The fourth-order valence-electron chi connectivity index (χ4n) is 2.41. The highest BCUT2D eigenvalue weighted by molar-refractivity contribution is 14.1. The van der Waals surface area contributed by atoms with Crippen molar-refractivity contribution in [3.05, 3.63) is 27.8 Å². The Balaban J connectivity index is 1.91. The summed E-state index contributed by atoms with van der Waals surface area (Å²) < 4.78 is 1.30. The van der Waals surface area contributed by atoms with Gasteiger partial charge in [0.15, 0.2) is 0 Å². The van der Waals surface area contributed by atoms with Gasteiger partial charge in [-0.3, -0.25) is 0 Å². The van der Waals surface area contributed by atoms with E-state index in [1.807, 2.05) is 0 Å². The van der Waals surface area contributed by atoms with Gasteiger partial charge < -0.3 is 5.32 Å². The maximum atomic E-state index is 3.67. The highest BCUT2D eigenvalue weighted by atomic mass is 127. The second-order valence-electron chi connectivity index (χ2n) is 4.96. The third-order valence-corrected chi connectivity index (χ3v) is 4.19. The smallest absolute Gasteiger partial charge is 0.0343 e. The molecule has 0 amide bonds. The maximum absolute atomic E-state index is 3.67. The van der Waals surface area contributed by atoms with Crippen LogP contribution in [0.25, 0.3) is 0 Å². The molecule has 0 aliphatic heterocycles. The molecule has 1 saturated carbocycles. The van der Waals surface area contributed by atoms with Crippen LogP contribution in [-0.2, 0) is 0 Å². The van der Waals surface area contributed by atoms with Gasteiger partial charge in [0.25, 0.3) is 0 Å². The summed E-state index contributed by atoms with van der Waals surface area (Å²) in [6.45, 7) is 2.38. The largest absolute Gasteiger partial charge is 0.382 e. The van der Waals surface area contributed by atoms with Crippen molar-refractivity contribution < 1.29 is 0 Å². The SMILES string of the molecule is CC1CCCC(Nc2ccc(I)cc2)CC1. The van der Waals surface area contributed by atoms with E-state index in [9.17, 15) is 0 Å². The van der Waals surface area contributed by atoms with E-state index in [1.165, 1.54) is 41.4 Å². The molecule has 1 aliphatic rings. The predicted octanol–water partition coefficient (Wildman–Crippen LogP) is 4.67. The highest BCUT2D eigenvalue weighted by Gasteiger charge is 2.15. The third kappa shape index (κ3) is 3.65. The molecule has 0 radical (unpaired) electrons. The van der Waals surface area contributed by atoms with Crippen molar-refractivity contribution >= 4 is 28.3 Å². The summed E-state index contributed by atoms with van der Waals surface area (Å²) in [4.78, 5) is 0. The van der Waals surface area contributed by atoms with E-state index in [1.54, 1.807) is 0 Å². The van der Waals surface area contributed by atoms with E-state index in [2.05, 4.69) is 59.1 Å². The molecule has 1 aliphatic carbocycles. The van der Waals surface area contributed by atoms with Gasteiger partial charge in [-0.05, 0) is 72.0 Å². The molecule has 2 heteroatoms. The van der Waals surface area contributed by atoms with Gasteiger partial charge in [0.1, 0.15) is 0 Å². The van der Waals surface area contributed by atoms with Crippen LogP contribution in [0.3, 0.4) is 0 Å². The lowest BCUT2D eigenvalue weighted by Gasteiger charge is -2.17. The average Bonchev–Trinajstić information content (AvgIpc) is 2.47. The minimum atomic E-state index is 0.685. The van der Waals surface area contributed by atoms with Crippen molar-refractivity contribution in [2.45, 2.75) is 45.1 Å². The lowest BCUT2D eigenvalue weighted by atomic mass is 10.0. The number of nitrogens with one attached hydrogen (secondary N) is 1. The van der Waals surface area contributed by atoms with Crippen LogP contribution < -0.4 is 5.32 Å². The lowest BCUT2D eigenvalue weighted by molar-refractivity contribution is 0.502. The molecule has 16 heavy (non-hydrogen) atoms. The molecule has 0 bridgehead atoms. The molecule has 2 rings (SSSR count). The van der Waals surface area contributed by atoms with E-state index >= 15 is 0 Å². The monoisotopic (exact) mass is 329 g/mol. The standard InChI is InChI=1S/C14H20IN/c1-11-3-2-4-13(8-5-11)16-14-9-6-12(15)7-10-14/h6-7,9-11,13,16H,2-5,8H2,1H3. The number of hydrogen-bond acceptors (Lipinski definition) is 1. The number of halogens is 1. The van der Waals surface area contributed by atoms with Crippen LogP contribution in [0, 0.1) is 9.49 Å². The first-order chi connectivity index (χ1) is 7.74. The second-order valence-corrected chi connectivity index (χ2v) is 6.21. The Kier molecular flexibility index (Phi) is 4.50. The van der Waals surface area contributed by atoms with E-state index in [0.29, 0.717) is 6.04 Å². The summed E-state index contributed by atoms with van der Waals surface area (Å²) in [6, 6.07) is 9.40. The topological polar surface area (TPSA) is 12.0 Å². The van der Waals surface area contributed by atoms with Gasteiger partial charge in [-0.1, -0.05) is 19.8 Å². The van der Waals surface area contributed by atoms with Crippen molar-refractivity contribution in [3.63, 3.8) is 0 Å². The van der Waals surface area contributed by atoms with E-state index in [-0.39, 0.29) is 0 Å². The van der Waals surface area contributed by atoms with Crippen molar-refractivity contribution in [1.82, 2.24) is 0 Å². The molecule has 0 aromatic heterocycles. The zero-order valence-electron chi connectivity index (χ0n) is 9.88. The molecule has 2 atom stereocenters. The Morgan fingerprint density at radius 1 is 1.06 bits per heavy atom. The van der Waals surface area contributed by atoms with Gasteiger partial charge in [0.2, 0.25) is 0 Å². The molecule has 88 valence electrons. The van der Waals surface area contributed by atoms with Crippen LogP contribution in [0.5, 0.6) is 0 Å². The molecule has 0 heterocycles. The Morgan fingerprint density at radius 2 is 1.81 bits per heavy atom. The molecular formula is C14H20IN. The van der Waals surface area contributed by atoms with Crippen LogP contribution in [0.4, 0.5) is 5.69 Å². The van der Waals surface area contributed by atoms with Crippen molar-refractivity contribution in [2.24, 2.45) is 5.92 Å². The highest BCUT2D eigenvalue weighted by Crippen LogP contribution is 2.25. The Morgan fingerprint density at radius 3 is 2.56 bits per heavy atom. The first kappa shape index (κ1) is 12.2. The summed E-state index contributed by atoms with van der Waals surface area (Å²) in [6.07, 6.45) is 6.82. The van der Waals surface area contributed by atoms with Crippen LogP contribution in [-0.4, -0.2) is 6.04 Å². The molecule has 1 N–H and O–H groups in total. The molecule has 1 nitrogen and oxygen atoms in total. The van der Waals surface area contributed by atoms with E-state index < -0.39 is 0 Å². The van der Waals surface area contributed by atoms with Gasteiger partial charge in [-0.15, -0.1) is 0 Å². The number of rotatable bonds is 2. The quantitative estimate of drug-likeness (QED) is 0.614. The number of hydrogen-bond donors (Lipinski definition) is 1. The van der Waals surface area contributed by atoms with Gasteiger partial charge in [0.05, 0.1) is 0 Å². The fraction of sp³-hybridized carbons (Fsp3) is 0.571. The first-order valence-electron chi connectivity index (χ1n) is 6.26. The molecule has 1 aromatic rings. The van der Waals surface area contributed by atoms with Crippen LogP contribution in [0.2, 0.25) is 0 Å². The van der Waals surface area contributed by atoms with Gasteiger partial charge in [-0.2, -0.15) is 0 Å². The Bertz CT molecular complexity index is 320. The Hall–Kier alpha value is -0.250. The Labute approximate surface area is 112 Å². The van der Waals surface area contributed by atoms with Crippen molar-refractivity contribution in [1.29, 1.82) is 0 Å². The summed E-state index contributed by atoms with van der Waals surface area (Å²) in [5, 5.41) is 3.67. The van der Waals surface area contributed by atoms with E-state index in [4.69, 9.17) is 0 Å². The summed E-state index contributed by atoms with van der Waals surface area (Å²) in [5.41, 5.74) is 1.28. The summed E-state index contributed by atoms with van der Waals surface area (Å²) in [5.74, 6) is 0.920. The molecule has 2 unspecified atom stereocenters. The van der Waals surface area contributed by atoms with Gasteiger partial charge in [-0.25, -0.2) is 0 Å². The van der Waals surface area contributed by atoms with Gasteiger partial charge >= 0.3 is 0 Å². The number of anilines is 1. The molecule has 0 spiro atoms. The van der Waals surface area contributed by atoms with Crippen LogP contribution in [0.1, 0.15) is 39.0 Å². The minimum Gasteiger partial charge on any atom is -0.382 e. The van der Waals surface area contributed by atoms with E-state index in [0.717, 1.165) is 5.92 Å². The lowest BCUT2D eigenvalue weighted by Crippen LogP contribution is -2.18. The van der Waals surface area contributed by atoms with Crippen LogP contribution >= 0.6 is 22.6 Å². The molecular weight excluding hydrogens is 309 g/mol. The molecule has 1 aromatic carbocycles. The molecule has 0 saturated heterocycles. The maximum Gasteiger partial charge on any atom is 0.0343 e.